The number of hydrogen-bond donors (Lipinski definition) is 2. The molecule has 3 saturated heterocycles. The maximum Gasteiger partial charge on any atom is 0.359 e. The number of fused-ring (bicyclic) bond motifs is 4. The van der Waals surface area contributed by atoms with Crippen molar-refractivity contribution in [3.63, 3.8) is 0 Å². The SMILES string of the molecule is COc1cccc2c(C(=O)O[C@H]3CN4CCC3CC4)n[nH]c12.O=CO. The summed E-state index contributed by atoms with van der Waals surface area (Å²) < 4.78 is 11.0. The summed E-state index contributed by atoms with van der Waals surface area (Å²) in [5.41, 5.74) is 1.07. The molecule has 8 heteroatoms. The molecule has 1 aromatic heterocycles. The Hall–Kier alpha value is -2.61. The van der Waals surface area contributed by atoms with Gasteiger partial charge in [-0.1, -0.05) is 12.1 Å². The second kappa shape index (κ2) is 7.52. The van der Waals surface area contributed by atoms with E-state index in [9.17, 15) is 4.79 Å². The van der Waals surface area contributed by atoms with Gasteiger partial charge < -0.3 is 14.6 Å². The highest BCUT2D eigenvalue weighted by atomic mass is 16.5. The number of aromatic nitrogens is 2. The Morgan fingerprint density at radius 2 is 2.12 bits per heavy atom. The molecule has 0 spiro atoms. The van der Waals surface area contributed by atoms with Gasteiger partial charge in [-0.3, -0.25) is 14.8 Å². The molecule has 0 saturated carbocycles. The van der Waals surface area contributed by atoms with Crippen LogP contribution in [0.2, 0.25) is 0 Å². The Morgan fingerprint density at radius 1 is 1.40 bits per heavy atom. The number of nitrogens with zero attached hydrogens (tertiary/aromatic N) is 2. The molecule has 3 aliphatic heterocycles. The van der Waals surface area contributed by atoms with Gasteiger partial charge in [-0.2, -0.15) is 5.10 Å². The Bertz CT molecular complexity index is 752. The number of ether oxygens (including phenoxy) is 2. The molecular weight excluding hydrogens is 326 g/mol. The predicted molar refractivity (Wildman–Crippen MR) is 89.7 cm³/mol. The number of piperidine rings is 3. The minimum absolute atomic E-state index is 0.00708. The molecular formula is C17H21N3O5. The standard InChI is InChI=1S/C16H19N3O3.CH2O2/c1-21-12-4-2-3-11-14(12)17-18-15(11)16(20)22-13-9-19-7-5-10(13)6-8-19;2-1-3/h2-4,10,13H,5-9H2,1H3,(H,17,18);1H,(H,2,3)/t13-;/m0./s1. The number of rotatable bonds is 3. The minimum Gasteiger partial charge on any atom is -0.494 e. The third-order valence-corrected chi connectivity index (χ3v) is 4.83. The molecule has 134 valence electrons. The van der Waals surface area contributed by atoms with Crippen molar-refractivity contribution >= 4 is 23.3 Å². The van der Waals surface area contributed by atoms with Crippen molar-refractivity contribution in [2.24, 2.45) is 5.92 Å². The van der Waals surface area contributed by atoms with Crippen molar-refractivity contribution in [2.45, 2.75) is 18.9 Å². The van der Waals surface area contributed by atoms with Gasteiger partial charge in [0.25, 0.3) is 6.47 Å². The lowest BCUT2D eigenvalue weighted by Gasteiger charge is -2.43. The lowest BCUT2D eigenvalue weighted by atomic mass is 9.86. The van der Waals surface area contributed by atoms with Crippen LogP contribution < -0.4 is 4.74 Å². The van der Waals surface area contributed by atoms with Crippen LogP contribution in [-0.4, -0.2) is 65.5 Å². The quantitative estimate of drug-likeness (QED) is 0.641. The van der Waals surface area contributed by atoms with Crippen LogP contribution in [0, 0.1) is 5.92 Å². The first-order chi connectivity index (χ1) is 12.2. The summed E-state index contributed by atoms with van der Waals surface area (Å²) in [6.07, 6.45) is 2.23. The molecule has 8 nitrogen and oxygen atoms in total. The van der Waals surface area contributed by atoms with Gasteiger partial charge in [0.2, 0.25) is 0 Å². The fourth-order valence-corrected chi connectivity index (χ4v) is 3.58. The van der Waals surface area contributed by atoms with Crippen LogP contribution in [0.15, 0.2) is 18.2 Å². The van der Waals surface area contributed by atoms with E-state index < -0.39 is 0 Å². The summed E-state index contributed by atoms with van der Waals surface area (Å²) in [6.45, 7) is 2.85. The fraction of sp³-hybridized carbons (Fsp3) is 0.471. The number of esters is 1. The third-order valence-electron chi connectivity index (χ3n) is 4.83. The number of carbonyl (C=O) groups excluding carboxylic acids is 1. The molecule has 5 rings (SSSR count). The molecule has 0 radical (unpaired) electrons. The summed E-state index contributed by atoms with van der Waals surface area (Å²) in [6, 6.07) is 5.54. The van der Waals surface area contributed by atoms with Crippen molar-refractivity contribution < 1.29 is 24.2 Å². The van der Waals surface area contributed by atoms with Crippen LogP contribution >= 0.6 is 0 Å². The van der Waals surface area contributed by atoms with Gasteiger partial charge >= 0.3 is 5.97 Å². The number of benzene rings is 1. The van der Waals surface area contributed by atoms with Gasteiger partial charge in [0.1, 0.15) is 17.4 Å². The number of carboxylic acid groups (broad SMARTS) is 1. The molecule has 4 heterocycles. The molecule has 0 amide bonds. The van der Waals surface area contributed by atoms with Crippen molar-refractivity contribution in [2.75, 3.05) is 26.7 Å². The van der Waals surface area contributed by atoms with Crippen molar-refractivity contribution in [3.8, 4) is 5.75 Å². The minimum atomic E-state index is -0.349. The fourth-order valence-electron chi connectivity index (χ4n) is 3.58. The first-order valence-electron chi connectivity index (χ1n) is 8.20. The average molecular weight is 347 g/mol. The van der Waals surface area contributed by atoms with Gasteiger partial charge in [-0.15, -0.1) is 0 Å². The highest BCUT2D eigenvalue weighted by molar-refractivity contribution is 6.03. The average Bonchev–Trinajstić information content (AvgIpc) is 3.07. The number of methoxy groups -OCH3 is 1. The van der Waals surface area contributed by atoms with E-state index in [1.165, 1.54) is 0 Å². The Balaban J connectivity index is 0.000000569. The van der Waals surface area contributed by atoms with Crippen molar-refractivity contribution in [1.29, 1.82) is 0 Å². The van der Waals surface area contributed by atoms with Gasteiger partial charge in [0, 0.05) is 11.9 Å². The number of H-pyrrole nitrogens is 1. The Morgan fingerprint density at radius 3 is 2.72 bits per heavy atom. The predicted octanol–water partition coefficient (Wildman–Crippen LogP) is 1.52. The van der Waals surface area contributed by atoms with E-state index in [1.54, 1.807) is 7.11 Å². The maximum atomic E-state index is 12.5. The zero-order valence-electron chi connectivity index (χ0n) is 14.0. The number of para-hydroxylation sites is 1. The normalized spacial score (nSPS) is 24.3. The van der Waals surface area contributed by atoms with Crippen LogP contribution in [0.5, 0.6) is 5.75 Å². The molecule has 3 aliphatic rings. The van der Waals surface area contributed by atoms with Gasteiger partial charge in [-0.05, 0) is 37.9 Å². The smallest absolute Gasteiger partial charge is 0.359 e. The molecule has 1 aromatic carbocycles. The van der Waals surface area contributed by atoms with E-state index in [-0.39, 0.29) is 18.5 Å². The van der Waals surface area contributed by atoms with E-state index in [2.05, 4.69) is 15.1 Å². The number of carbonyl (C=O) groups is 2. The topological polar surface area (TPSA) is 105 Å². The molecule has 0 unspecified atom stereocenters. The van der Waals surface area contributed by atoms with Gasteiger partial charge in [0.05, 0.1) is 7.11 Å². The van der Waals surface area contributed by atoms with Crippen molar-refractivity contribution in [1.82, 2.24) is 15.1 Å². The first kappa shape index (κ1) is 17.2. The zero-order chi connectivity index (χ0) is 17.8. The zero-order valence-corrected chi connectivity index (χ0v) is 14.0. The highest BCUT2D eigenvalue weighted by Gasteiger charge is 2.37. The lowest BCUT2D eigenvalue weighted by Crippen LogP contribution is -2.51. The van der Waals surface area contributed by atoms with Crippen LogP contribution in [0.1, 0.15) is 23.3 Å². The second-order valence-electron chi connectivity index (χ2n) is 6.14. The van der Waals surface area contributed by atoms with Crippen LogP contribution in [0.3, 0.4) is 0 Å². The molecule has 0 aliphatic carbocycles. The van der Waals surface area contributed by atoms with E-state index in [0.717, 1.165) is 43.4 Å². The molecule has 2 aromatic rings. The summed E-state index contributed by atoms with van der Waals surface area (Å²) in [7, 11) is 1.60. The summed E-state index contributed by atoms with van der Waals surface area (Å²) >= 11 is 0. The highest BCUT2D eigenvalue weighted by Crippen LogP contribution is 2.31. The van der Waals surface area contributed by atoms with E-state index >= 15 is 0 Å². The number of aromatic amines is 1. The van der Waals surface area contributed by atoms with Gasteiger partial charge in [0.15, 0.2) is 5.69 Å². The number of hydrogen-bond acceptors (Lipinski definition) is 6. The number of nitrogens with one attached hydrogen (secondary N) is 1. The van der Waals surface area contributed by atoms with Crippen molar-refractivity contribution in [3.05, 3.63) is 23.9 Å². The maximum absolute atomic E-state index is 12.5. The first-order valence-corrected chi connectivity index (χ1v) is 8.20. The lowest BCUT2D eigenvalue weighted by molar-refractivity contribution is -0.122. The van der Waals surface area contributed by atoms with Crippen LogP contribution in [-0.2, 0) is 9.53 Å². The summed E-state index contributed by atoms with van der Waals surface area (Å²) in [5, 5.41) is 14.6. The molecule has 3 fully saturated rings. The molecule has 2 bridgehead atoms. The van der Waals surface area contributed by atoms with Crippen LogP contribution in [0.4, 0.5) is 0 Å². The molecule has 2 N–H and O–H groups in total. The van der Waals surface area contributed by atoms with Crippen LogP contribution in [0.25, 0.3) is 10.9 Å². The largest absolute Gasteiger partial charge is 0.494 e. The summed E-state index contributed by atoms with van der Waals surface area (Å²) in [5.74, 6) is 0.818. The molecule has 25 heavy (non-hydrogen) atoms. The third kappa shape index (κ3) is 3.43. The van der Waals surface area contributed by atoms with E-state index in [0.29, 0.717) is 17.4 Å². The Labute approximate surface area is 144 Å². The van der Waals surface area contributed by atoms with E-state index in [4.69, 9.17) is 19.4 Å². The Kier molecular flexibility index (Phi) is 5.18. The summed E-state index contributed by atoms with van der Waals surface area (Å²) in [4.78, 5) is 23.2. The monoisotopic (exact) mass is 347 g/mol. The van der Waals surface area contributed by atoms with Gasteiger partial charge in [-0.25, -0.2) is 4.79 Å². The second-order valence-corrected chi connectivity index (χ2v) is 6.14. The molecule has 1 atom stereocenters. The van der Waals surface area contributed by atoms with E-state index in [1.807, 2.05) is 18.2 Å².